The van der Waals surface area contributed by atoms with E-state index in [4.69, 9.17) is 5.11 Å². The van der Waals surface area contributed by atoms with Crippen LogP contribution in [0.25, 0.3) is 5.69 Å². The van der Waals surface area contributed by atoms with Gasteiger partial charge in [0.05, 0.1) is 23.2 Å². The Balaban J connectivity index is 1.88. The fraction of sp³-hybridized carbons (Fsp3) is 0.0526. The van der Waals surface area contributed by atoms with Crippen molar-refractivity contribution in [3.05, 3.63) is 83.4 Å². The van der Waals surface area contributed by atoms with Crippen LogP contribution in [0.2, 0.25) is 0 Å². The van der Waals surface area contributed by atoms with Crippen LogP contribution >= 0.6 is 0 Å². The molecule has 1 heterocycles. The maximum absolute atomic E-state index is 13.3. The minimum atomic E-state index is -0.956. The summed E-state index contributed by atoms with van der Waals surface area (Å²) >= 11 is 0. The molecule has 0 unspecified atom stereocenters. The summed E-state index contributed by atoms with van der Waals surface area (Å²) in [6.07, 6.45) is 3.56. The standard InChI is InChI=1S/C19H15FN2O2/c1-13-11-15(6-9-18(13)20)21-12-17-3-2-10-22(17)16-7-4-14(5-8-16)19(23)24/h2-12H,1H3,(H,23,24). The van der Waals surface area contributed by atoms with E-state index in [1.54, 1.807) is 49.5 Å². The Hall–Kier alpha value is -3.21. The van der Waals surface area contributed by atoms with Gasteiger partial charge in [0.15, 0.2) is 0 Å². The molecule has 4 nitrogen and oxygen atoms in total. The van der Waals surface area contributed by atoms with Crippen molar-refractivity contribution >= 4 is 17.9 Å². The average molecular weight is 322 g/mol. The van der Waals surface area contributed by atoms with Crippen LogP contribution in [0, 0.1) is 12.7 Å². The highest BCUT2D eigenvalue weighted by atomic mass is 19.1. The van der Waals surface area contributed by atoms with Crippen molar-refractivity contribution in [3.63, 3.8) is 0 Å². The fourth-order valence-corrected chi connectivity index (χ4v) is 2.35. The van der Waals surface area contributed by atoms with Gasteiger partial charge >= 0.3 is 5.97 Å². The molecule has 0 aliphatic rings. The summed E-state index contributed by atoms with van der Waals surface area (Å²) in [6, 6.07) is 15.1. The molecule has 1 aromatic heterocycles. The molecule has 0 bridgehead atoms. The quantitative estimate of drug-likeness (QED) is 0.725. The first-order chi connectivity index (χ1) is 11.5. The van der Waals surface area contributed by atoms with E-state index in [9.17, 15) is 9.18 Å². The van der Waals surface area contributed by atoms with Gasteiger partial charge in [-0.05, 0) is 67.1 Å². The number of rotatable bonds is 4. The second-order valence-electron chi connectivity index (χ2n) is 5.35. The minimum Gasteiger partial charge on any atom is -0.478 e. The topological polar surface area (TPSA) is 54.6 Å². The third-order valence-electron chi connectivity index (χ3n) is 3.66. The molecule has 0 fully saturated rings. The zero-order valence-corrected chi connectivity index (χ0v) is 13.0. The van der Waals surface area contributed by atoms with Crippen LogP contribution in [0.15, 0.2) is 65.8 Å². The molecule has 0 amide bonds. The predicted molar refractivity (Wildman–Crippen MR) is 91.1 cm³/mol. The smallest absolute Gasteiger partial charge is 0.335 e. The Morgan fingerprint density at radius 3 is 2.58 bits per heavy atom. The lowest BCUT2D eigenvalue weighted by atomic mass is 10.2. The molecule has 0 saturated heterocycles. The van der Waals surface area contributed by atoms with Crippen molar-refractivity contribution < 1.29 is 14.3 Å². The van der Waals surface area contributed by atoms with Gasteiger partial charge in [-0.2, -0.15) is 0 Å². The van der Waals surface area contributed by atoms with Gasteiger partial charge in [0.1, 0.15) is 5.82 Å². The molecule has 0 aliphatic carbocycles. The van der Waals surface area contributed by atoms with E-state index >= 15 is 0 Å². The van der Waals surface area contributed by atoms with Crippen LogP contribution < -0.4 is 0 Å². The normalized spacial score (nSPS) is 11.1. The number of carboxylic acids is 1. The zero-order valence-electron chi connectivity index (χ0n) is 13.0. The zero-order chi connectivity index (χ0) is 17.1. The number of halogens is 1. The number of hydrogen-bond donors (Lipinski definition) is 1. The summed E-state index contributed by atoms with van der Waals surface area (Å²) < 4.78 is 15.2. The first-order valence-corrected chi connectivity index (χ1v) is 7.36. The summed E-state index contributed by atoms with van der Waals surface area (Å²) in [5.41, 5.74) is 3.12. The van der Waals surface area contributed by atoms with Crippen LogP contribution in [0.5, 0.6) is 0 Å². The van der Waals surface area contributed by atoms with Gasteiger partial charge in [0.2, 0.25) is 0 Å². The molecule has 0 aliphatic heterocycles. The summed E-state index contributed by atoms with van der Waals surface area (Å²) in [7, 11) is 0. The Kier molecular flexibility index (Phi) is 4.24. The van der Waals surface area contributed by atoms with Gasteiger partial charge in [-0.3, -0.25) is 4.99 Å². The molecule has 0 saturated carbocycles. The van der Waals surface area contributed by atoms with Crippen molar-refractivity contribution in [2.24, 2.45) is 4.99 Å². The maximum atomic E-state index is 13.3. The highest BCUT2D eigenvalue weighted by Gasteiger charge is 2.05. The Labute approximate surface area is 138 Å². The number of aryl methyl sites for hydroxylation is 1. The maximum Gasteiger partial charge on any atom is 0.335 e. The van der Waals surface area contributed by atoms with Gasteiger partial charge in [-0.15, -0.1) is 0 Å². The van der Waals surface area contributed by atoms with Crippen molar-refractivity contribution in [1.82, 2.24) is 4.57 Å². The molecule has 5 heteroatoms. The van der Waals surface area contributed by atoms with Crippen LogP contribution in [0.3, 0.4) is 0 Å². The van der Waals surface area contributed by atoms with Gasteiger partial charge in [-0.25, -0.2) is 9.18 Å². The Bertz CT molecular complexity index is 911. The van der Waals surface area contributed by atoms with Crippen molar-refractivity contribution in [2.75, 3.05) is 0 Å². The number of benzene rings is 2. The molecular weight excluding hydrogens is 307 g/mol. The molecule has 0 radical (unpaired) electrons. The van der Waals surface area contributed by atoms with Gasteiger partial charge < -0.3 is 9.67 Å². The number of aromatic nitrogens is 1. The summed E-state index contributed by atoms with van der Waals surface area (Å²) in [5, 5.41) is 8.96. The highest BCUT2D eigenvalue weighted by molar-refractivity contribution is 5.88. The van der Waals surface area contributed by atoms with E-state index in [0.29, 0.717) is 11.3 Å². The van der Waals surface area contributed by atoms with E-state index in [-0.39, 0.29) is 11.4 Å². The molecule has 0 spiro atoms. The Morgan fingerprint density at radius 1 is 1.17 bits per heavy atom. The highest BCUT2D eigenvalue weighted by Crippen LogP contribution is 2.18. The van der Waals surface area contributed by atoms with Crippen LogP contribution in [-0.4, -0.2) is 21.9 Å². The number of aromatic carboxylic acids is 1. The molecule has 0 atom stereocenters. The Morgan fingerprint density at radius 2 is 1.92 bits per heavy atom. The molecule has 3 rings (SSSR count). The molecule has 120 valence electrons. The largest absolute Gasteiger partial charge is 0.478 e. The van der Waals surface area contributed by atoms with E-state index in [1.165, 1.54) is 6.07 Å². The fourth-order valence-electron chi connectivity index (χ4n) is 2.35. The minimum absolute atomic E-state index is 0.239. The van der Waals surface area contributed by atoms with Gasteiger partial charge in [0.25, 0.3) is 0 Å². The summed E-state index contributed by atoms with van der Waals surface area (Å²) in [4.78, 5) is 15.3. The van der Waals surface area contributed by atoms with E-state index in [2.05, 4.69) is 4.99 Å². The lowest BCUT2D eigenvalue weighted by Crippen LogP contribution is -2.00. The predicted octanol–water partition coefficient (Wildman–Crippen LogP) is 4.37. The number of nitrogens with zero attached hydrogens (tertiary/aromatic N) is 2. The monoisotopic (exact) mass is 322 g/mol. The van der Waals surface area contributed by atoms with Gasteiger partial charge in [-0.1, -0.05) is 0 Å². The molecule has 24 heavy (non-hydrogen) atoms. The SMILES string of the molecule is Cc1cc(N=Cc2cccn2-c2ccc(C(=O)O)cc2)ccc1F. The van der Waals surface area contributed by atoms with Crippen LogP contribution in [0.4, 0.5) is 10.1 Å². The lowest BCUT2D eigenvalue weighted by Gasteiger charge is -2.06. The molecule has 2 aromatic carbocycles. The molecule has 3 aromatic rings. The van der Waals surface area contributed by atoms with Crippen LogP contribution in [0.1, 0.15) is 21.6 Å². The van der Waals surface area contributed by atoms with Crippen LogP contribution in [-0.2, 0) is 0 Å². The molecular formula is C19H15FN2O2. The number of carbonyl (C=O) groups is 1. The van der Waals surface area contributed by atoms with Gasteiger partial charge in [0, 0.05) is 11.9 Å². The summed E-state index contributed by atoms with van der Waals surface area (Å²) in [5.74, 6) is -1.21. The molecule has 1 N–H and O–H groups in total. The summed E-state index contributed by atoms with van der Waals surface area (Å²) in [6.45, 7) is 1.70. The third-order valence-corrected chi connectivity index (χ3v) is 3.66. The number of aliphatic imine (C=N–C) groups is 1. The lowest BCUT2D eigenvalue weighted by molar-refractivity contribution is 0.0697. The van der Waals surface area contributed by atoms with E-state index in [0.717, 1.165) is 11.4 Å². The van der Waals surface area contributed by atoms with Crippen molar-refractivity contribution in [3.8, 4) is 5.69 Å². The van der Waals surface area contributed by atoms with Crippen molar-refractivity contribution in [1.29, 1.82) is 0 Å². The second kappa shape index (κ2) is 6.50. The number of hydrogen-bond acceptors (Lipinski definition) is 2. The first-order valence-electron chi connectivity index (χ1n) is 7.36. The van der Waals surface area contributed by atoms with E-state index in [1.807, 2.05) is 22.9 Å². The average Bonchev–Trinajstić information content (AvgIpc) is 3.04. The second-order valence-corrected chi connectivity index (χ2v) is 5.35. The third kappa shape index (κ3) is 3.25. The van der Waals surface area contributed by atoms with E-state index < -0.39 is 5.97 Å². The van der Waals surface area contributed by atoms with Crippen molar-refractivity contribution in [2.45, 2.75) is 6.92 Å². The number of carboxylic acid groups (broad SMARTS) is 1. The first kappa shape index (κ1) is 15.7.